The molecule has 0 unspecified atom stereocenters. The summed E-state index contributed by atoms with van der Waals surface area (Å²) in [7, 11) is 3.77. The summed E-state index contributed by atoms with van der Waals surface area (Å²) in [6, 6.07) is 0. The Morgan fingerprint density at radius 3 is 2.20 bits per heavy atom. The number of alkyl halides is 1. The Hall–Kier alpha value is 0.990. The Morgan fingerprint density at radius 2 is 1.90 bits per heavy atom. The molecule has 0 amide bonds. The van der Waals surface area contributed by atoms with Gasteiger partial charge in [0, 0.05) is 15.9 Å². The highest BCUT2D eigenvalue weighted by Crippen LogP contribution is 2.37. The van der Waals surface area contributed by atoms with E-state index in [0.717, 1.165) is 5.88 Å². The van der Waals surface area contributed by atoms with Gasteiger partial charge in [0.25, 0.3) is 0 Å². The molecule has 0 fully saturated rings. The van der Waals surface area contributed by atoms with Gasteiger partial charge in [-0.25, -0.2) is 0 Å². The summed E-state index contributed by atoms with van der Waals surface area (Å²) in [5.74, 6) is 0.744. The summed E-state index contributed by atoms with van der Waals surface area (Å²) < 4.78 is 0.352. The summed E-state index contributed by atoms with van der Waals surface area (Å²) in [4.78, 5) is 0. The predicted molar refractivity (Wildman–Crippen MR) is 55.1 cm³/mol. The lowest BCUT2D eigenvalue weighted by molar-refractivity contribution is 0.810. The first kappa shape index (κ1) is 11.0. The van der Waals surface area contributed by atoms with Crippen LogP contribution in [0.5, 0.6) is 0 Å². The van der Waals surface area contributed by atoms with E-state index in [9.17, 15) is 0 Å². The Kier molecular flexibility index (Phi) is 5.26. The maximum absolute atomic E-state index is 5.65. The van der Waals surface area contributed by atoms with Crippen LogP contribution in [0.25, 0.3) is 0 Å². The molecular formula is C7H15ClS2. The fraction of sp³-hybridized carbons (Fsp3) is 1.00. The summed E-state index contributed by atoms with van der Waals surface area (Å²) in [6.07, 6.45) is 0. The van der Waals surface area contributed by atoms with E-state index in [1.165, 1.54) is 0 Å². The van der Waals surface area contributed by atoms with Crippen molar-refractivity contribution in [1.82, 2.24) is 0 Å². The first-order chi connectivity index (χ1) is 4.45. The standard InChI is InChI=1S/C7H15ClS2/c1-6(5-8)9-10-7(2,3)4/h6H,5H2,1-4H3/t6-/m1/s1. The second kappa shape index (κ2) is 4.78. The molecule has 0 nitrogen and oxygen atoms in total. The van der Waals surface area contributed by atoms with Crippen LogP contribution in [0.4, 0.5) is 0 Å². The van der Waals surface area contributed by atoms with E-state index >= 15 is 0 Å². The van der Waals surface area contributed by atoms with Gasteiger partial charge in [0.1, 0.15) is 0 Å². The number of hydrogen-bond donors (Lipinski definition) is 0. The summed E-state index contributed by atoms with van der Waals surface area (Å²) in [5.41, 5.74) is 0. The fourth-order valence-corrected chi connectivity index (χ4v) is 2.73. The number of rotatable bonds is 3. The molecule has 0 aliphatic rings. The zero-order valence-electron chi connectivity index (χ0n) is 6.98. The van der Waals surface area contributed by atoms with E-state index < -0.39 is 0 Å². The second-order valence-electron chi connectivity index (χ2n) is 3.26. The highest BCUT2D eigenvalue weighted by atomic mass is 35.5. The van der Waals surface area contributed by atoms with E-state index in [1.54, 1.807) is 0 Å². The lowest BCUT2D eigenvalue weighted by atomic mass is 10.3. The Labute approximate surface area is 76.9 Å². The molecule has 62 valence electrons. The van der Waals surface area contributed by atoms with Crippen molar-refractivity contribution in [1.29, 1.82) is 0 Å². The van der Waals surface area contributed by atoms with Gasteiger partial charge in [-0.1, -0.05) is 49.3 Å². The molecular weight excluding hydrogens is 184 g/mol. The summed E-state index contributed by atoms with van der Waals surface area (Å²) in [5, 5.41) is 0.561. The molecule has 0 saturated heterocycles. The van der Waals surface area contributed by atoms with Crippen LogP contribution in [0.15, 0.2) is 0 Å². The quantitative estimate of drug-likeness (QED) is 0.500. The third-order valence-electron chi connectivity index (χ3n) is 0.680. The Balaban J connectivity index is 3.36. The molecule has 0 N–H and O–H groups in total. The third kappa shape index (κ3) is 7.10. The normalized spacial score (nSPS) is 15.3. The van der Waals surface area contributed by atoms with Crippen molar-refractivity contribution in [2.45, 2.75) is 37.7 Å². The van der Waals surface area contributed by atoms with E-state index in [1.807, 2.05) is 21.6 Å². The van der Waals surface area contributed by atoms with E-state index in [0.29, 0.717) is 10.00 Å². The van der Waals surface area contributed by atoms with Crippen molar-refractivity contribution in [3.8, 4) is 0 Å². The molecule has 0 aromatic heterocycles. The van der Waals surface area contributed by atoms with Crippen LogP contribution < -0.4 is 0 Å². The van der Waals surface area contributed by atoms with Gasteiger partial charge in [0.2, 0.25) is 0 Å². The van der Waals surface area contributed by atoms with Crippen molar-refractivity contribution >= 4 is 33.2 Å². The van der Waals surface area contributed by atoms with Crippen LogP contribution in [0, 0.1) is 0 Å². The van der Waals surface area contributed by atoms with Gasteiger partial charge in [-0.05, 0) is 0 Å². The molecule has 0 saturated carbocycles. The first-order valence-corrected chi connectivity index (χ1v) is 6.11. The minimum atomic E-state index is 0.352. The van der Waals surface area contributed by atoms with Crippen molar-refractivity contribution < 1.29 is 0 Å². The molecule has 0 heterocycles. The third-order valence-corrected chi connectivity index (χ3v) is 5.19. The monoisotopic (exact) mass is 198 g/mol. The van der Waals surface area contributed by atoms with E-state index in [2.05, 4.69) is 27.7 Å². The zero-order valence-corrected chi connectivity index (χ0v) is 9.37. The SMILES string of the molecule is C[C@H](CCl)SSC(C)(C)C. The zero-order chi connectivity index (χ0) is 8.20. The van der Waals surface area contributed by atoms with Gasteiger partial charge in [0.15, 0.2) is 0 Å². The van der Waals surface area contributed by atoms with Crippen LogP contribution in [0.2, 0.25) is 0 Å². The average molecular weight is 199 g/mol. The molecule has 0 bridgehead atoms. The van der Waals surface area contributed by atoms with E-state index in [-0.39, 0.29) is 0 Å². The van der Waals surface area contributed by atoms with Crippen molar-refractivity contribution in [2.75, 3.05) is 5.88 Å². The lowest BCUT2D eigenvalue weighted by Crippen LogP contribution is -2.07. The molecule has 10 heavy (non-hydrogen) atoms. The molecule has 0 rings (SSSR count). The molecule has 0 aliphatic heterocycles. The van der Waals surface area contributed by atoms with Crippen LogP contribution in [0.1, 0.15) is 27.7 Å². The molecule has 0 aromatic carbocycles. The highest BCUT2D eigenvalue weighted by molar-refractivity contribution is 8.77. The highest BCUT2D eigenvalue weighted by Gasteiger charge is 2.12. The largest absolute Gasteiger partial charge is 0.125 e. The lowest BCUT2D eigenvalue weighted by Gasteiger charge is -2.18. The van der Waals surface area contributed by atoms with Gasteiger partial charge >= 0.3 is 0 Å². The predicted octanol–water partition coefficient (Wildman–Crippen LogP) is 3.79. The second-order valence-corrected chi connectivity index (χ2v) is 7.03. The van der Waals surface area contributed by atoms with Gasteiger partial charge in [0.05, 0.1) is 0 Å². The maximum atomic E-state index is 5.65. The van der Waals surface area contributed by atoms with Crippen LogP contribution in [0.3, 0.4) is 0 Å². The smallest absolute Gasteiger partial charge is 0.0348 e. The molecule has 3 heteroatoms. The fourth-order valence-electron chi connectivity index (χ4n) is 0.252. The molecule has 1 atom stereocenters. The number of hydrogen-bond acceptors (Lipinski definition) is 2. The summed E-state index contributed by atoms with van der Waals surface area (Å²) in [6.45, 7) is 8.79. The maximum Gasteiger partial charge on any atom is 0.0348 e. The van der Waals surface area contributed by atoms with Crippen LogP contribution in [-0.2, 0) is 0 Å². The van der Waals surface area contributed by atoms with Gasteiger partial charge in [-0.3, -0.25) is 0 Å². The van der Waals surface area contributed by atoms with Crippen molar-refractivity contribution in [3.63, 3.8) is 0 Å². The van der Waals surface area contributed by atoms with Crippen molar-refractivity contribution in [2.24, 2.45) is 0 Å². The molecule has 0 spiro atoms. The van der Waals surface area contributed by atoms with Gasteiger partial charge in [-0.15, -0.1) is 11.6 Å². The molecule has 0 radical (unpaired) electrons. The minimum Gasteiger partial charge on any atom is -0.125 e. The number of halogens is 1. The Bertz CT molecular complexity index is 88.1. The Morgan fingerprint density at radius 1 is 1.40 bits per heavy atom. The molecule has 0 aliphatic carbocycles. The minimum absolute atomic E-state index is 0.352. The van der Waals surface area contributed by atoms with Crippen LogP contribution >= 0.6 is 33.2 Å². The topological polar surface area (TPSA) is 0 Å². The van der Waals surface area contributed by atoms with E-state index in [4.69, 9.17) is 11.6 Å². The average Bonchev–Trinajstić information content (AvgIpc) is 1.81. The summed E-state index contributed by atoms with van der Waals surface area (Å²) >= 11 is 5.65. The van der Waals surface area contributed by atoms with Crippen LogP contribution in [-0.4, -0.2) is 15.9 Å². The van der Waals surface area contributed by atoms with Gasteiger partial charge in [-0.2, -0.15) is 0 Å². The first-order valence-electron chi connectivity index (χ1n) is 3.36. The van der Waals surface area contributed by atoms with Crippen molar-refractivity contribution in [3.05, 3.63) is 0 Å². The van der Waals surface area contributed by atoms with Gasteiger partial charge < -0.3 is 0 Å². The molecule has 0 aromatic rings.